The normalized spacial score (nSPS) is 14.2. The van der Waals surface area contributed by atoms with Crippen molar-refractivity contribution in [3.05, 3.63) is 23.8 Å². The van der Waals surface area contributed by atoms with Crippen LogP contribution in [-0.4, -0.2) is 17.6 Å². The third kappa shape index (κ3) is 2.41. The summed E-state index contributed by atoms with van der Waals surface area (Å²) in [7, 11) is 0. The van der Waals surface area contributed by atoms with Gasteiger partial charge in [0.1, 0.15) is 11.4 Å². The van der Waals surface area contributed by atoms with E-state index < -0.39 is 0 Å². The fourth-order valence-electron chi connectivity index (χ4n) is 1.85. The van der Waals surface area contributed by atoms with Gasteiger partial charge in [-0.15, -0.1) is 0 Å². The summed E-state index contributed by atoms with van der Waals surface area (Å²) in [4.78, 5) is 21.9. The van der Waals surface area contributed by atoms with Crippen LogP contribution in [0.5, 0.6) is 5.75 Å². The molecule has 1 aliphatic heterocycles. The molecule has 0 fully saturated rings. The van der Waals surface area contributed by atoms with Crippen molar-refractivity contribution in [1.29, 1.82) is 0 Å². The molecule has 0 saturated carbocycles. The predicted octanol–water partition coefficient (Wildman–Crippen LogP) is 2.00. The summed E-state index contributed by atoms with van der Waals surface area (Å²) in [6, 6.07) is 5.29. The van der Waals surface area contributed by atoms with E-state index in [9.17, 15) is 9.59 Å². The fraction of sp³-hybridized carbons (Fsp3) is 0.385. The zero-order chi connectivity index (χ0) is 13.3. The molecule has 1 aliphatic rings. The third-order valence-electron chi connectivity index (χ3n) is 2.42. The van der Waals surface area contributed by atoms with E-state index in [4.69, 9.17) is 4.74 Å². The third-order valence-corrected chi connectivity index (χ3v) is 2.42. The number of carbonyl (C=O) groups excluding carboxylic acids is 2. The predicted molar refractivity (Wildman–Crippen MR) is 66.1 cm³/mol. The second kappa shape index (κ2) is 4.27. The van der Waals surface area contributed by atoms with Gasteiger partial charge in [-0.2, -0.15) is 5.01 Å². The largest absolute Gasteiger partial charge is 0.488 e. The van der Waals surface area contributed by atoms with E-state index in [1.54, 1.807) is 18.2 Å². The molecule has 0 N–H and O–H groups in total. The summed E-state index contributed by atoms with van der Waals surface area (Å²) in [6.07, 6.45) is 1.61. The van der Waals surface area contributed by atoms with Crippen molar-refractivity contribution < 1.29 is 14.3 Å². The lowest BCUT2D eigenvalue weighted by Gasteiger charge is -2.21. The van der Waals surface area contributed by atoms with Gasteiger partial charge in [0.15, 0.2) is 0 Å². The number of rotatable bonds is 2. The molecule has 5 nitrogen and oxygen atoms in total. The van der Waals surface area contributed by atoms with Crippen molar-refractivity contribution in [1.82, 2.24) is 0 Å². The van der Waals surface area contributed by atoms with Gasteiger partial charge in [0.05, 0.1) is 12.1 Å². The highest BCUT2D eigenvalue weighted by molar-refractivity contribution is 6.01. The van der Waals surface area contributed by atoms with E-state index >= 15 is 0 Å². The number of hydrazone groups is 1. The number of hydrogen-bond donors (Lipinski definition) is 0. The molecule has 0 atom stereocenters. The van der Waals surface area contributed by atoms with Gasteiger partial charge < -0.3 is 4.74 Å². The van der Waals surface area contributed by atoms with Gasteiger partial charge in [-0.1, -0.05) is 5.10 Å². The maximum atomic E-state index is 11.6. The van der Waals surface area contributed by atoms with Crippen LogP contribution < -0.4 is 9.75 Å². The molecular weight excluding hydrogens is 232 g/mol. The van der Waals surface area contributed by atoms with Crippen molar-refractivity contribution >= 4 is 17.7 Å². The molecule has 5 heteroatoms. The molecule has 0 saturated heterocycles. The van der Waals surface area contributed by atoms with E-state index in [1.807, 2.05) is 20.8 Å². The first-order valence-corrected chi connectivity index (χ1v) is 5.63. The SMILES string of the molecule is CC(C)(C)Oc1ccc2c(c1)CC(=O)N2N=C=O. The number of nitrogens with zero attached hydrogens (tertiary/aromatic N) is 2. The lowest BCUT2D eigenvalue weighted by molar-refractivity contribution is -0.117. The molecule has 0 bridgehead atoms. The number of fused-ring (bicyclic) bond motifs is 1. The molecule has 2 rings (SSSR count). The Hall–Kier alpha value is -2.13. The standard InChI is InChI=1S/C13H14N2O3/c1-13(2,3)18-10-4-5-11-9(6-10)7-12(17)15(11)14-8-16/h4-6H,7H2,1-3H3. The maximum Gasteiger partial charge on any atom is 0.259 e. The van der Waals surface area contributed by atoms with Crippen LogP contribution >= 0.6 is 0 Å². The number of hydrogen-bond acceptors (Lipinski definition) is 4. The Morgan fingerprint density at radius 1 is 1.39 bits per heavy atom. The van der Waals surface area contributed by atoms with E-state index in [0.29, 0.717) is 11.4 Å². The molecule has 0 radical (unpaired) electrons. The van der Waals surface area contributed by atoms with Crippen LogP contribution in [0.15, 0.2) is 23.3 Å². The highest BCUT2D eigenvalue weighted by atomic mass is 16.5. The van der Waals surface area contributed by atoms with Crippen LogP contribution in [0.25, 0.3) is 0 Å². The lowest BCUT2D eigenvalue weighted by Crippen LogP contribution is -2.23. The van der Waals surface area contributed by atoms with Gasteiger partial charge in [0.25, 0.3) is 12.0 Å². The Labute approximate surface area is 105 Å². The summed E-state index contributed by atoms with van der Waals surface area (Å²) >= 11 is 0. The quantitative estimate of drug-likeness (QED) is 0.592. The monoisotopic (exact) mass is 246 g/mol. The number of isocyanates is 1. The lowest BCUT2D eigenvalue weighted by atomic mass is 10.1. The molecule has 18 heavy (non-hydrogen) atoms. The molecule has 0 unspecified atom stereocenters. The summed E-state index contributed by atoms with van der Waals surface area (Å²) < 4.78 is 5.72. The molecule has 0 aliphatic carbocycles. The van der Waals surface area contributed by atoms with Crippen LogP contribution in [-0.2, 0) is 16.0 Å². The molecule has 1 aromatic carbocycles. The average Bonchev–Trinajstić information content (AvgIpc) is 2.53. The van der Waals surface area contributed by atoms with E-state index in [1.165, 1.54) is 6.08 Å². The Bertz CT molecular complexity index is 540. The Morgan fingerprint density at radius 3 is 2.72 bits per heavy atom. The van der Waals surface area contributed by atoms with E-state index in [-0.39, 0.29) is 17.9 Å². The molecule has 0 spiro atoms. The molecule has 1 heterocycles. The first-order chi connectivity index (χ1) is 8.40. The minimum Gasteiger partial charge on any atom is -0.488 e. The zero-order valence-corrected chi connectivity index (χ0v) is 10.6. The second-order valence-corrected chi connectivity index (χ2v) is 5.08. The van der Waals surface area contributed by atoms with E-state index in [0.717, 1.165) is 10.6 Å². The van der Waals surface area contributed by atoms with Gasteiger partial charge in [-0.25, -0.2) is 4.79 Å². The van der Waals surface area contributed by atoms with Gasteiger partial charge in [-0.05, 0) is 44.5 Å². The smallest absolute Gasteiger partial charge is 0.259 e. The molecule has 94 valence electrons. The van der Waals surface area contributed by atoms with Crippen molar-refractivity contribution in [3.63, 3.8) is 0 Å². The Morgan fingerprint density at radius 2 is 2.11 bits per heavy atom. The Kier molecular flexibility index (Phi) is 2.93. The topological polar surface area (TPSA) is 59.0 Å². The number of anilines is 1. The number of ether oxygens (including phenoxy) is 1. The van der Waals surface area contributed by atoms with Crippen LogP contribution in [0.2, 0.25) is 0 Å². The summed E-state index contributed by atoms with van der Waals surface area (Å²) in [6.45, 7) is 5.86. The number of amides is 1. The molecule has 1 aromatic rings. The van der Waals surface area contributed by atoms with Crippen molar-refractivity contribution in [2.75, 3.05) is 5.01 Å². The van der Waals surface area contributed by atoms with Gasteiger partial charge in [0.2, 0.25) is 0 Å². The van der Waals surface area contributed by atoms with Crippen LogP contribution in [0.3, 0.4) is 0 Å². The van der Waals surface area contributed by atoms with Crippen LogP contribution in [0, 0.1) is 0 Å². The minimum absolute atomic E-state index is 0.224. The van der Waals surface area contributed by atoms with Gasteiger partial charge in [-0.3, -0.25) is 4.79 Å². The molecule has 1 amide bonds. The first-order valence-electron chi connectivity index (χ1n) is 5.63. The van der Waals surface area contributed by atoms with Crippen LogP contribution in [0.1, 0.15) is 26.3 Å². The highest BCUT2D eigenvalue weighted by Gasteiger charge is 2.28. The highest BCUT2D eigenvalue weighted by Crippen LogP contribution is 2.33. The first kappa shape index (κ1) is 12.3. The zero-order valence-electron chi connectivity index (χ0n) is 10.6. The van der Waals surface area contributed by atoms with Crippen LogP contribution in [0.4, 0.5) is 5.69 Å². The van der Waals surface area contributed by atoms with Crippen molar-refractivity contribution in [2.24, 2.45) is 5.10 Å². The average molecular weight is 246 g/mol. The minimum atomic E-state index is -0.294. The summed E-state index contributed by atoms with van der Waals surface area (Å²) in [5.41, 5.74) is 1.13. The fourth-order valence-corrected chi connectivity index (χ4v) is 1.85. The van der Waals surface area contributed by atoms with Crippen molar-refractivity contribution in [2.45, 2.75) is 32.8 Å². The Balaban J connectivity index is 2.33. The van der Waals surface area contributed by atoms with Crippen molar-refractivity contribution in [3.8, 4) is 5.75 Å². The molecular formula is C13H14N2O3. The van der Waals surface area contributed by atoms with E-state index in [2.05, 4.69) is 5.10 Å². The summed E-state index contributed by atoms with van der Waals surface area (Å²) in [5, 5.41) is 4.46. The van der Waals surface area contributed by atoms with Gasteiger partial charge in [0, 0.05) is 0 Å². The number of carbonyl (C=O) groups is 1. The summed E-state index contributed by atoms with van der Waals surface area (Å²) in [5.74, 6) is 0.465. The maximum absolute atomic E-state index is 11.6. The number of benzene rings is 1. The second-order valence-electron chi connectivity index (χ2n) is 5.08. The molecule has 0 aromatic heterocycles. The van der Waals surface area contributed by atoms with Gasteiger partial charge >= 0.3 is 0 Å².